The van der Waals surface area contributed by atoms with Crippen LogP contribution in [0.5, 0.6) is 11.5 Å². The molecule has 1 heterocycles. The predicted molar refractivity (Wildman–Crippen MR) is 100 cm³/mol. The first-order chi connectivity index (χ1) is 12.9. The van der Waals surface area contributed by atoms with Crippen molar-refractivity contribution in [2.24, 2.45) is 0 Å². The maximum absolute atomic E-state index is 12.6. The molecule has 0 radical (unpaired) electrons. The fraction of sp³-hybridized carbons (Fsp3) is 0.316. The monoisotopic (exact) mass is 390 g/mol. The number of ether oxygens (including phenoxy) is 2. The van der Waals surface area contributed by atoms with Gasteiger partial charge < -0.3 is 14.4 Å². The minimum Gasteiger partial charge on any atom is -0.497 e. The van der Waals surface area contributed by atoms with Gasteiger partial charge in [0.1, 0.15) is 16.4 Å². The summed E-state index contributed by atoms with van der Waals surface area (Å²) in [4.78, 5) is 14.1. The third-order valence-corrected chi connectivity index (χ3v) is 5.98. The van der Waals surface area contributed by atoms with Crippen molar-refractivity contribution < 1.29 is 22.7 Å². The second-order valence-corrected chi connectivity index (χ2v) is 7.91. The van der Waals surface area contributed by atoms with Crippen molar-refractivity contribution in [1.29, 1.82) is 0 Å². The van der Waals surface area contributed by atoms with E-state index in [1.54, 1.807) is 11.0 Å². The van der Waals surface area contributed by atoms with E-state index < -0.39 is 10.0 Å². The van der Waals surface area contributed by atoms with Gasteiger partial charge in [0.15, 0.2) is 0 Å². The number of hydrogen-bond acceptors (Lipinski definition) is 5. The molecule has 0 spiro atoms. The maximum Gasteiger partial charge on any atom is 0.244 e. The smallest absolute Gasteiger partial charge is 0.244 e. The average Bonchev–Trinajstić information content (AvgIpc) is 2.71. The molecular weight excluding hydrogens is 368 g/mol. The molecule has 1 aliphatic heterocycles. The van der Waals surface area contributed by atoms with E-state index in [1.807, 2.05) is 18.2 Å². The van der Waals surface area contributed by atoms with Crippen LogP contribution in [-0.4, -0.2) is 46.5 Å². The normalized spacial score (nSPS) is 13.8. The number of benzene rings is 2. The van der Waals surface area contributed by atoms with E-state index in [0.29, 0.717) is 18.8 Å². The van der Waals surface area contributed by atoms with E-state index in [0.717, 1.165) is 12.0 Å². The van der Waals surface area contributed by atoms with Crippen LogP contribution in [0.3, 0.4) is 0 Å². The molecule has 2 aromatic rings. The topological polar surface area (TPSA) is 84.9 Å². The Hall–Kier alpha value is -2.58. The van der Waals surface area contributed by atoms with E-state index in [2.05, 4.69) is 10.8 Å². The highest BCUT2D eigenvalue weighted by atomic mass is 32.2. The third kappa shape index (κ3) is 4.23. The second-order valence-electron chi connectivity index (χ2n) is 6.18. The van der Waals surface area contributed by atoms with Crippen LogP contribution in [0.2, 0.25) is 0 Å². The van der Waals surface area contributed by atoms with Gasteiger partial charge in [-0.2, -0.15) is 0 Å². The van der Waals surface area contributed by atoms with Crippen molar-refractivity contribution in [1.82, 2.24) is 9.62 Å². The minimum absolute atomic E-state index is 0.0684. The highest BCUT2D eigenvalue weighted by molar-refractivity contribution is 7.89. The Balaban J connectivity index is 1.70. The van der Waals surface area contributed by atoms with Crippen molar-refractivity contribution in [3.63, 3.8) is 0 Å². The van der Waals surface area contributed by atoms with Gasteiger partial charge in [0, 0.05) is 19.2 Å². The number of hydrogen-bond donors (Lipinski definition) is 1. The first-order valence-corrected chi connectivity index (χ1v) is 9.99. The Bertz CT molecular complexity index is 943. The molecule has 8 heteroatoms. The first-order valence-electron chi connectivity index (χ1n) is 8.51. The van der Waals surface area contributed by atoms with Crippen LogP contribution in [-0.2, 0) is 27.8 Å². The van der Waals surface area contributed by atoms with Crippen molar-refractivity contribution >= 4 is 15.9 Å². The molecular formula is C19H22N2O5S. The fourth-order valence-corrected chi connectivity index (χ4v) is 4.21. The quantitative estimate of drug-likeness (QED) is 0.809. The van der Waals surface area contributed by atoms with Crippen LogP contribution in [0.4, 0.5) is 0 Å². The molecule has 0 unspecified atom stereocenters. The van der Waals surface area contributed by atoms with E-state index in [4.69, 9.17) is 9.47 Å². The van der Waals surface area contributed by atoms with Gasteiger partial charge in [-0.1, -0.05) is 24.3 Å². The van der Waals surface area contributed by atoms with Gasteiger partial charge in [0.05, 0.1) is 20.8 Å². The van der Waals surface area contributed by atoms with Crippen LogP contribution in [0.1, 0.15) is 11.1 Å². The van der Waals surface area contributed by atoms with Gasteiger partial charge in [0.25, 0.3) is 0 Å². The Morgan fingerprint density at radius 2 is 1.85 bits per heavy atom. The van der Waals surface area contributed by atoms with Crippen molar-refractivity contribution in [3.8, 4) is 11.5 Å². The summed E-state index contributed by atoms with van der Waals surface area (Å²) in [7, 11) is -1.10. The van der Waals surface area contributed by atoms with Gasteiger partial charge in [-0.3, -0.25) is 4.79 Å². The Kier molecular flexibility index (Phi) is 5.67. The molecule has 144 valence electrons. The lowest BCUT2D eigenvalue weighted by atomic mass is 10.00. The summed E-state index contributed by atoms with van der Waals surface area (Å²) >= 11 is 0. The highest BCUT2D eigenvalue weighted by Crippen LogP contribution is 2.28. The third-order valence-electron chi connectivity index (χ3n) is 4.56. The predicted octanol–water partition coefficient (Wildman–Crippen LogP) is 1.57. The fourth-order valence-electron chi connectivity index (χ4n) is 3.05. The SMILES string of the molecule is COc1ccc(OC)c(S(=O)(=O)NCC(=O)N2CCc3ccccc3C2)c1. The molecule has 0 bridgehead atoms. The number of fused-ring (bicyclic) bond motifs is 1. The zero-order valence-corrected chi connectivity index (χ0v) is 16.1. The zero-order valence-electron chi connectivity index (χ0n) is 15.3. The molecule has 0 atom stereocenters. The number of sulfonamides is 1. The average molecular weight is 390 g/mol. The molecule has 3 rings (SSSR count). The number of nitrogens with zero attached hydrogens (tertiary/aromatic N) is 1. The number of rotatable bonds is 6. The van der Waals surface area contributed by atoms with E-state index >= 15 is 0 Å². The minimum atomic E-state index is -3.93. The lowest BCUT2D eigenvalue weighted by Gasteiger charge is -2.29. The van der Waals surface area contributed by atoms with Crippen molar-refractivity contribution in [2.45, 2.75) is 17.9 Å². The molecule has 0 fully saturated rings. The largest absolute Gasteiger partial charge is 0.497 e. The molecule has 27 heavy (non-hydrogen) atoms. The Morgan fingerprint density at radius 1 is 1.11 bits per heavy atom. The Labute approximate surface area is 158 Å². The van der Waals surface area contributed by atoms with Crippen LogP contribution >= 0.6 is 0 Å². The first kappa shape index (κ1) is 19.2. The number of amides is 1. The van der Waals surface area contributed by atoms with E-state index in [9.17, 15) is 13.2 Å². The van der Waals surface area contributed by atoms with Gasteiger partial charge in [0.2, 0.25) is 15.9 Å². The van der Waals surface area contributed by atoms with Crippen molar-refractivity contribution in [2.75, 3.05) is 27.3 Å². The summed E-state index contributed by atoms with van der Waals surface area (Å²) in [6, 6.07) is 12.4. The summed E-state index contributed by atoms with van der Waals surface area (Å²) in [5, 5.41) is 0. The molecule has 1 N–H and O–H groups in total. The lowest BCUT2D eigenvalue weighted by Crippen LogP contribution is -2.42. The highest BCUT2D eigenvalue weighted by Gasteiger charge is 2.24. The molecule has 7 nitrogen and oxygen atoms in total. The number of carbonyl (C=O) groups excluding carboxylic acids is 1. The van der Waals surface area contributed by atoms with Crippen LogP contribution in [0.15, 0.2) is 47.4 Å². The van der Waals surface area contributed by atoms with Crippen LogP contribution in [0, 0.1) is 0 Å². The van der Waals surface area contributed by atoms with Gasteiger partial charge in [-0.15, -0.1) is 0 Å². The summed E-state index contributed by atoms with van der Waals surface area (Å²) in [6.07, 6.45) is 0.762. The molecule has 2 aromatic carbocycles. The molecule has 1 amide bonds. The summed E-state index contributed by atoms with van der Waals surface area (Å²) in [5.41, 5.74) is 2.32. The zero-order chi connectivity index (χ0) is 19.4. The standard InChI is InChI=1S/C19H22N2O5S/c1-25-16-7-8-17(26-2)18(11-16)27(23,24)20-12-19(22)21-10-9-14-5-3-4-6-15(14)13-21/h3-8,11,20H,9-10,12-13H2,1-2H3. The Morgan fingerprint density at radius 3 is 2.56 bits per heavy atom. The van der Waals surface area contributed by atoms with Gasteiger partial charge in [-0.25, -0.2) is 13.1 Å². The summed E-state index contributed by atoms with van der Waals surface area (Å²) in [6.45, 7) is 0.740. The molecule has 0 aliphatic carbocycles. The van der Waals surface area contributed by atoms with Gasteiger partial charge in [-0.05, 0) is 29.7 Å². The van der Waals surface area contributed by atoms with Crippen molar-refractivity contribution in [3.05, 3.63) is 53.6 Å². The second kappa shape index (κ2) is 7.98. The van der Waals surface area contributed by atoms with Gasteiger partial charge >= 0.3 is 0 Å². The molecule has 0 saturated heterocycles. The molecule has 0 aromatic heterocycles. The summed E-state index contributed by atoms with van der Waals surface area (Å²) in [5.74, 6) is 0.299. The van der Waals surface area contributed by atoms with E-state index in [1.165, 1.54) is 31.9 Å². The molecule has 0 saturated carbocycles. The van der Waals surface area contributed by atoms with E-state index in [-0.39, 0.29) is 23.1 Å². The number of nitrogens with one attached hydrogen (secondary N) is 1. The number of methoxy groups -OCH3 is 2. The lowest BCUT2D eigenvalue weighted by molar-refractivity contribution is -0.130. The van der Waals surface area contributed by atoms with Crippen LogP contribution in [0.25, 0.3) is 0 Å². The summed E-state index contributed by atoms with van der Waals surface area (Å²) < 4.78 is 37.9. The molecule has 1 aliphatic rings. The maximum atomic E-state index is 12.6. The van der Waals surface area contributed by atoms with Crippen LogP contribution < -0.4 is 14.2 Å². The number of carbonyl (C=O) groups is 1.